The lowest BCUT2D eigenvalue weighted by Crippen LogP contribution is -2.42. The zero-order valence-corrected chi connectivity index (χ0v) is 11.9. The zero-order chi connectivity index (χ0) is 14.3. The fraction of sp³-hybridized carbons (Fsp3) is 0.833. The van der Waals surface area contributed by atoms with Gasteiger partial charge in [0, 0.05) is 0 Å². The normalized spacial score (nSPS) is 18.5. The van der Waals surface area contributed by atoms with Gasteiger partial charge < -0.3 is 4.74 Å². The molecule has 1 unspecified atom stereocenters. The number of esters is 1. The number of ether oxygens (including phenoxy) is 1. The third-order valence-electron chi connectivity index (χ3n) is 3.18. The molecule has 0 bridgehead atoms. The van der Waals surface area contributed by atoms with Crippen LogP contribution in [0.25, 0.3) is 0 Å². The highest BCUT2D eigenvalue weighted by Crippen LogP contribution is 2.26. The summed E-state index contributed by atoms with van der Waals surface area (Å²) in [7, 11) is -3.81. The van der Waals surface area contributed by atoms with Gasteiger partial charge in [0.25, 0.3) is 0 Å². The van der Waals surface area contributed by atoms with E-state index in [4.69, 9.17) is 5.26 Å². The zero-order valence-electron chi connectivity index (χ0n) is 11.1. The standard InChI is InChI=1S/C12H20N2O4S/c1-2-18-12(15)9-19(16,17)14-11(8-13)10-6-4-3-5-7-10/h10-11,14H,2-7,9H2,1H3. The van der Waals surface area contributed by atoms with E-state index in [1.165, 1.54) is 0 Å². The molecular formula is C12H20N2O4S. The van der Waals surface area contributed by atoms with Crippen molar-refractivity contribution in [2.45, 2.75) is 45.1 Å². The predicted molar refractivity (Wildman–Crippen MR) is 69.5 cm³/mol. The van der Waals surface area contributed by atoms with Gasteiger partial charge in [-0.25, -0.2) is 8.42 Å². The second-order valence-electron chi connectivity index (χ2n) is 4.69. The minimum atomic E-state index is -3.81. The predicted octanol–water partition coefficient (Wildman–Crippen LogP) is 0.941. The van der Waals surface area contributed by atoms with E-state index in [2.05, 4.69) is 9.46 Å². The molecule has 0 heterocycles. The third kappa shape index (κ3) is 5.57. The number of sulfonamides is 1. The van der Waals surface area contributed by atoms with Crippen LogP contribution in [0, 0.1) is 17.2 Å². The molecule has 1 atom stereocenters. The summed E-state index contributed by atoms with van der Waals surface area (Å²) in [6.07, 6.45) is 4.86. The Bertz CT molecular complexity index is 435. The Morgan fingerprint density at radius 1 is 1.42 bits per heavy atom. The quantitative estimate of drug-likeness (QED) is 0.734. The Balaban J connectivity index is 2.59. The molecule has 0 amide bonds. The van der Waals surface area contributed by atoms with Gasteiger partial charge in [0.15, 0.2) is 5.75 Å². The van der Waals surface area contributed by atoms with E-state index in [1.807, 2.05) is 6.07 Å². The van der Waals surface area contributed by atoms with Gasteiger partial charge in [-0.1, -0.05) is 19.3 Å². The minimum Gasteiger partial charge on any atom is -0.465 e. The molecule has 1 aliphatic carbocycles. The fourth-order valence-corrected chi connectivity index (χ4v) is 3.40. The molecule has 0 aromatic carbocycles. The van der Waals surface area contributed by atoms with Crippen LogP contribution in [0.2, 0.25) is 0 Å². The first-order valence-corrected chi connectivity index (χ1v) is 8.19. The smallest absolute Gasteiger partial charge is 0.322 e. The van der Waals surface area contributed by atoms with Gasteiger partial charge in [0.2, 0.25) is 10.0 Å². The van der Waals surface area contributed by atoms with E-state index in [0.29, 0.717) is 0 Å². The summed E-state index contributed by atoms with van der Waals surface area (Å²) in [6, 6.07) is 1.24. The average Bonchev–Trinajstić information content (AvgIpc) is 2.36. The van der Waals surface area contributed by atoms with Crippen molar-refractivity contribution in [2.24, 2.45) is 5.92 Å². The van der Waals surface area contributed by atoms with E-state index >= 15 is 0 Å². The molecule has 108 valence electrons. The van der Waals surface area contributed by atoms with Crippen LogP contribution in [-0.4, -0.2) is 32.8 Å². The molecule has 0 aliphatic heterocycles. The van der Waals surface area contributed by atoms with E-state index in [-0.39, 0.29) is 12.5 Å². The Kier molecular flexibility index (Phi) is 6.25. The van der Waals surface area contributed by atoms with E-state index in [1.54, 1.807) is 6.92 Å². The maximum absolute atomic E-state index is 11.8. The number of rotatable bonds is 6. The van der Waals surface area contributed by atoms with Gasteiger partial charge in [-0.05, 0) is 25.7 Å². The number of carbonyl (C=O) groups is 1. The average molecular weight is 288 g/mol. The van der Waals surface area contributed by atoms with Crippen LogP contribution in [0.4, 0.5) is 0 Å². The van der Waals surface area contributed by atoms with Crippen molar-refractivity contribution >= 4 is 16.0 Å². The maximum atomic E-state index is 11.8. The van der Waals surface area contributed by atoms with Crippen molar-refractivity contribution in [3.05, 3.63) is 0 Å². The number of hydrogen-bond acceptors (Lipinski definition) is 5. The molecule has 0 saturated heterocycles. The molecule has 1 fully saturated rings. The third-order valence-corrected chi connectivity index (χ3v) is 4.41. The molecule has 1 aliphatic rings. The number of nitriles is 1. The number of nitrogens with zero attached hydrogens (tertiary/aromatic N) is 1. The lowest BCUT2D eigenvalue weighted by atomic mass is 9.85. The Morgan fingerprint density at radius 2 is 2.05 bits per heavy atom. The van der Waals surface area contributed by atoms with Gasteiger partial charge in [-0.3, -0.25) is 4.79 Å². The molecule has 6 nitrogen and oxygen atoms in total. The molecule has 7 heteroatoms. The second kappa shape index (κ2) is 7.46. The van der Waals surface area contributed by atoms with E-state index in [9.17, 15) is 13.2 Å². The summed E-state index contributed by atoms with van der Waals surface area (Å²) in [4.78, 5) is 11.2. The van der Waals surface area contributed by atoms with Crippen molar-refractivity contribution < 1.29 is 17.9 Å². The van der Waals surface area contributed by atoms with Crippen molar-refractivity contribution in [1.29, 1.82) is 5.26 Å². The molecule has 0 aromatic heterocycles. The highest BCUT2D eigenvalue weighted by atomic mass is 32.2. The van der Waals surface area contributed by atoms with E-state index in [0.717, 1.165) is 32.1 Å². The van der Waals surface area contributed by atoms with Crippen molar-refractivity contribution in [3.8, 4) is 6.07 Å². The molecule has 1 rings (SSSR count). The van der Waals surface area contributed by atoms with Crippen LogP contribution in [0.5, 0.6) is 0 Å². The molecule has 0 spiro atoms. The van der Waals surface area contributed by atoms with Crippen LogP contribution in [0.1, 0.15) is 39.0 Å². The van der Waals surface area contributed by atoms with Gasteiger partial charge in [0.1, 0.15) is 6.04 Å². The van der Waals surface area contributed by atoms with Gasteiger partial charge in [-0.15, -0.1) is 0 Å². The highest BCUT2D eigenvalue weighted by Gasteiger charge is 2.28. The van der Waals surface area contributed by atoms with Crippen LogP contribution >= 0.6 is 0 Å². The lowest BCUT2D eigenvalue weighted by Gasteiger charge is -2.26. The Hall–Kier alpha value is -1.13. The van der Waals surface area contributed by atoms with Gasteiger partial charge in [0.05, 0.1) is 12.7 Å². The SMILES string of the molecule is CCOC(=O)CS(=O)(=O)NC(C#N)C1CCCCC1. The summed E-state index contributed by atoms with van der Waals surface area (Å²) in [5.74, 6) is -1.49. The van der Waals surface area contributed by atoms with E-state index < -0.39 is 27.8 Å². The van der Waals surface area contributed by atoms with Crippen LogP contribution in [0.15, 0.2) is 0 Å². The van der Waals surface area contributed by atoms with Crippen LogP contribution in [-0.2, 0) is 19.6 Å². The fourth-order valence-electron chi connectivity index (χ4n) is 2.29. The van der Waals surface area contributed by atoms with Gasteiger partial charge in [-0.2, -0.15) is 9.98 Å². The van der Waals surface area contributed by atoms with Crippen molar-refractivity contribution in [3.63, 3.8) is 0 Å². The summed E-state index contributed by atoms with van der Waals surface area (Å²) in [5.41, 5.74) is 0. The topological polar surface area (TPSA) is 96.3 Å². The number of hydrogen-bond donors (Lipinski definition) is 1. The van der Waals surface area contributed by atoms with Crippen LogP contribution in [0.3, 0.4) is 0 Å². The minimum absolute atomic E-state index is 0.0377. The summed E-state index contributed by atoms with van der Waals surface area (Å²) >= 11 is 0. The highest BCUT2D eigenvalue weighted by molar-refractivity contribution is 7.90. The largest absolute Gasteiger partial charge is 0.465 e. The monoisotopic (exact) mass is 288 g/mol. The Morgan fingerprint density at radius 3 is 2.58 bits per heavy atom. The molecular weight excluding hydrogens is 268 g/mol. The first-order valence-electron chi connectivity index (χ1n) is 6.53. The summed E-state index contributed by atoms with van der Waals surface area (Å²) in [6.45, 7) is 1.75. The lowest BCUT2D eigenvalue weighted by molar-refractivity contribution is -0.139. The number of carbonyl (C=O) groups excluding carboxylic acids is 1. The van der Waals surface area contributed by atoms with Crippen LogP contribution < -0.4 is 4.72 Å². The van der Waals surface area contributed by atoms with Gasteiger partial charge >= 0.3 is 5.97 Å². The summed E-state index contributed by atoms with van der Waals surface area (Å²) in [5, 5.41) is 9.09. The molecule has 0 radical (unpaired) electrons. The second-order valence-corrected chi connectivity index (χ2v) is 6.44. The molecule has 0 aromatic rings. The molecule has 1 saturated carbocycles. The molecule has 19 heavy (non-hydrogen) atoms. The first kappa shape index (κ1) is 15.9. The number of nitrogens with one attached hydrogen (secondary N) is 1. The first-order chi connectivity index (χ1) is 8.98. The maximum Gasteiger partial charge on any atom is 0.322 e. The molecule has 1 N–H and O–H groups in total. The van der Waals surface area contributed by atoms with Crippen molar-refractivity contribution in [1.82, 2.24) is 4.72 Å². The summed E-state index contributed by atoms with van der Waals surface area (Å²) < 4.78 is 30.4. The Labute approximate surface area is 114 Å². The van der Waals surface area contributed by atoms with Crippen molar-refractivity contribution in [2.75, 3.05) is 12.4 Å².